The number of carbonyl (C=O) groups is 2. The Morgan fingerprint density at radius 3 is 2.78 bits per heavy atom. The van der Waals surface area contributed by atoms with E-state index in [0.29, 0.717) is 10.7 Å². The van der Waals surface area contributed by atoms with Crippen LogP contribution in [0.2, 0.25) is 5.02 Å². The predicted molar refractivity (Wildman–Crippen MR) is 73.0 cm³/mol. The number of nitrogens with one attached hydrogen (secondary N) is 2. The Morgan fingerprint density at radius 2 is 2.17 bits per heavy atom. The number of carbonyl (C=O) groups excluding carboxylic acids is 1. The van der Waals surface area contributed by atoms with E-state index in [9.17, 15) is 9.59 Å². The van der Waals surface area contributed by atoms with E-state index in [1.165, 1.54) is 6.92 Å². The van der Waals surface area contributed by atoms with Gasteiger partial charge in [-0.25, -0.2) is 4.79 Å². The van der Waals surface area contributed by atoms with Gasteiger partial charge in [-0.1, -0.05) is 34.5 Å². The Balaban J connectivity index is 2.54. The third-order valence-electron chi connectivity index (χ3n) is 2.17. The van der Waals surface area contributed by atoms with Crippen molar-refractivity contribution in [3.63, 3.8) is 0 Å². The fourth-order valence-electron chi connectivity index (χ4n) is 1.09. The van der Waals surface area contributed by atoms with Crippen molar-refractivity contribution in [2.45, 2.75) is 6.92 Å². The average Bonchev–Trinajstić information content (AvgIpc) is 2.30. The lowest BCUT2D eigenvalue weighted by Crippen LogP contribution is -2.34. The Kier molecular flexibility index (Phi) is 5.43. The predicted octanol–water partition coefficient (Wildman–Crippen LogP) is 2.94. The van der Waals surface area contributed by atoms with E-state index in [1.54, 1.807) is 18.2 Å². The third kappa shape index (κ3) is 4.54. The minimum atomic E-state index is -0.962. The number of carboxylic acids is 1. The van der Waals surface area contributed by atoms with Gasteiger partial charge in [0.05, 0.1) is 16.6 Å². The van der Waals surface area contributed by atoms with Crippen molar-refractivity contribution in [1.82, 2.24) is 5.32 Å². The first-order chi connectivity index (χ1) is 8.40. The van der Waals surface area contributed by atoms with Gasteiger partial charge in [0.25, 0.3) is 0 Å². The van der Waals surface area contributed by atoms with Crippen molar-refractivity contribution in [2.24, 2.45) is 5.92 Å². The van der Waals surface area contributed by atoms with Gasteiger partial charge in [0.2, 0.25) is 0 Å². The first kappa shape index (κ1) is 14.8. The minimum Gasteiger partial charge on any atom is -0.481 e. The highest BCUT2D eigenvalue weighted by Gasteiger charge is 2.12. The number of urea groups is 1. The lowest BCUT2D eigenvalue weighted by Gasteiger charge is -2.11. The van der Waals surface area contributed by atoms with Gasteiger partial charge in [0.15, 0.2) is 0 Å². The fraction of sp³-hybridized carbons (Fsp3) is 0.273. The van der Waals surface area contributed by atoms with Crippen LogP contribution in [0.1, 0.15) is 6.92 Å². The van der Waals surface area contributed by atoms with Gasteiger partial charge in [-0.3, -0.25) is 4.79 Å². The lowest BCUT2D eigenvalue weighted by molar-refractivity contribution is -0.140. The first-order valence-electron chi connectivity index (χ1n) is 5.13. The molecule has 0 aliphatic heterocycles. The molecule has 0 saturated carbocycles. The van der Waals surface area contributed by atoms with Crippen LogP contribution in [0.5, 0.6) is 0 Å². The van der Waals surface area contributed by atoms with Crippen LogP contribution in [0.25, 0.3) is 0 Å². The molecule has 0 bridgehead atoms. The molecule has 1 aromatic carbocycles. The SMILES string of the molecule is CC(CNC(=O)Nc1cc(Br)ccc1Cl)C(=O)O. The molecule has 0 fully saturated rings. The molecular weight excluding hydrogens is 323 g/mol. The summed E-state index contributed by atoms with van der Waals surface area (Å²) in [5, 5.41) is 14.1. The zero-order chi connectivity index (χ0) is 13.7. The molecule has 0 aliphatic carbocycles. The van der Waals surface area contributed by atoms with Crippen molar-refractivity contribution >= 4 is 45.2 Å². The molecule has 0 aliphatic rings. The summed E-state index contributed by atoms with van der Waals surface area (Å²) in [4.78, 5) is 22.1. The normalized spacial score (nSPS) is 11.7. The molecule has 3 N–H and O–H groups in total. The van der Waals surface area contributed by atoms with Gasteiger partial charge in [-0.05, 0) is 18.2 Å². The molecule has 0 spiro atoms. The van der Waals surface area contributed by atoms with Crippen LogP contribution in [0.3, 0.4) is 0 Å². The second-order valence-corrected chi connectivity index (χ2v) is 5.02. The van der Waals surface area contributed by atoms with E-state index in [0.717, 1.165) is 4.47 Å². The maximum atomic E-state index is 11.5. The Hall–Kier alpha value is -1.27. The topological polar surface area (TPSA) is 78.4 Å². The summed E-state index contributed by atoms with van der Waals surface area (Å²) in [6.45, 7) is 1.56. The summed E-state index contributed by atoms with van der Waals surface area (Å²) in [6.07, 6.45) is 0. The van der Waals surface area contributed by atoms with Crippen molar-refractivity contribution in [2.75, 3.05) is 11.9 Å². The molecule has 5 nitrogen and oxygen atoms in total. The highest BCUT2D eigenvalue weighted by molar-refractivity contribution is 9.10. The number of aliphatic carboxylic acids is 1. The van der Waals surface area contributed by atoms with Crippen LogP contribution in [-0.2, 0) is 4.79 Å². The van der Waals surface area contributed by atoms with Crippen molar-refractivity contribution in [3.8, 4) is 0 Å². The van der Waals surface area contributed by atoms with Crippen LogP contribution < -0.4 is 10.6 Å². The molecule has 1 aromatic rings. The highest BCUT2D eigenvalue weighted by atomic mass is 79.9. The molecule has 1 rings (SSSR count). The average molecular weight is 336 g/mol. The van der Waals surface area contributed by atoms with Crippen LogP contribution in [-0.4, -0.2) is 23.7 Å². The minimum absolute atomic E-state index is 0.0484. The number of benzene rings is 1. The zero-order valence-electron chi connectivity index (χ0n) is 9.54. The highest BCUT2D eigenvalue weighted by Crippen LogP contribution is 2.25. The molecule has 2 amide bonds. The van der Waals surface area contributed by atoms with Crippen LogP contribution in [0.4, 0.5) is 10.5 Å². The molecular formula is C11H12BrClN2O3. The quantitative estimate of drug-likeness (QED) is 0.791. The van der Waals surface area contributed by atoms with Crippen LogP contribution in [0, 0.1) is 5.92 Å². The van der Waals surface area contributed by atoms with E-state index >= 15 is 0 Å². The summed E-state index contributed by atoms with van der Waals surface area (Å²) in [6, 6.07) is 4.55. The fourth-order valence-corrected chi connectivity index (χ4v) is 1.62. The van der Waals surface area contributed by atoms with E-state index in [1.807, 2.05) is 0 Å². The van der Waals surface area contributed by atoms with Crippen molar-refractivity contribution in [1.29, 1.82) is 0 Å². The second-order valence-electron chi connectivity index (χ2n) is 3.70. The standard InChI is InChI=1S/C11H12BrClN2O3/c1-6(10(16)17)5-14-11(18)15-9-4-7(12)2-3-8(9)13/h2-4,6H,5H2,1H3,(H,16,17)(H2,14,15,18). The molecule has 7 heteroatoms. The monoisotopic (exact) mass is 334 g/mol. The van der Waals surface area contributed by atoms with Gasteiger partial charge >= 0.3 is 12.0 Å². The van der Waals surface area contributed by atoms with Crippen molar-refractivity contribution in [3.05, 3.63) is 27.7 Å². The maximum Gasteiger partial charge on any atom is 0.319 e. The van der Waals surface area contributed by atoms with E-state index in [4.69, 9.17) is 16.7 Å². The van der Waals surface area contributed by atoms with Crippen LogP contribution >= 0.6 is 27.5 Å². The smallest absolute Gasteiger partial charge is 0.319 e. The molecule has 98 valence electrons. The number of anilines is 1. The summed E-state index contributed by atoms with van der Waals surface area (Å²) >= 11 is 9.16. The Morgan fingerprint density at radius 1 is 1.50 bits per heavy atom. The van der Waals surface area contributed by atoms with E-state index in [2.05, 4.69) is 26.6 Å². The van der Waals surface area contributed by atoms with Crippen molar-refractivity contribution < 1.29 is 14.7 Å². The largest absolute Gasteiger partial charge is 0.481 e. The number of carboxylic acid groups (broad SMARTS) is 1. The first-order valence-corrected chi connectivity index (χ1v) is 6.30. The number of hydrogen-bond acceptors (Lipinski definition) is 2. The number of hydrogen-bond donors (Lipinski definition) is 3. The summed E-state index contributed by atoms with van der Waals surface area (Å²) in [5.41, 5.74) is 0.450. The molecule has 1 atom stereocenters. The Bertz CT molecular complexity index is 468. The Labute approximate surface area is 118 Å². The van der Waals surface area contributed by atoms with Gasteiger partial charge in [0, 0.05) is 11.0 Å². The molecule has 0 radical (unpaired) electrons. The van der Waals surface area contributed by atoms with Gasteiger partial charge in [0.1, 0.15) is 0 Å². The zero-order valence-corrected chi connectivity index (χ0v) is 11.9. The van der Waals surface area contributed by atoms with Gasteiger partial charge in [-0.2, -0.15) is 0 Å². The summed E-state index contributed by atoms with van der Waals surface area (Å²) < 4.78 is 0.779. The number of amides is 2. The summed E-state index contributed by atoms with van der Waals surface area (Å²) in [5.74, 6) is -1.61. The van der Waals surface area contributed by atoms with Crippen LogP contribution in [0.15, 0.2) is 22.7 Å². The second kappa shape index (κ2) is 6.61. The number of halogens is 2. The third-order valence-corrected chi connectivity index (χ3v) is 2.99. The molecule has 0 saturated heterocycles. The van der Waals surface area contributed by atoms with E-state index in [-0.39, 0.29) is 6.54 Å². The number of rotatable bonds is 4. The van der Waals surface area contributed by atoms with E-state index < -0.39 is 17.9 Å². The molecule has 0 aromatic heterocycles. The van der Waals surface area contributed by atoms with Gasteiger partial charge < -0.3 is 15.7 Å². The van der Waals surface area contributed by atoms with Gasteiger partial charge in [-0.15, -0.1) is 0 Å². The molecule has 0 heterocycles. The lowest BCUT2D eigenvalue weighted by atomic mass is 10.2. The summed E-state index contributed by atoms with van der Waals surface area (Å²) in [7, 11) is 0. The maximum absolute atomic E-state index is 11.5. The molecule has 18 heavy (non-hydrogen) atoms. The molecule has 1 unspecified atom stereocenters.